The molecule has 0 aromatic heterocycles. The molecule has 5 heteroatoms. The van der Waals surface area contributed by atoms with Crippen LogP contribution in [0.2, 0.25) is 0 Å². The number of hydroxylamine groups is 1. The van der Waals surface area contributed by atoms with Crippen LogP contribution in [0.15, 0.2) is 59.1 Å². The van der Waals surface area contributed by atoms with Crippen molar-refractivity contribution in [2.24, 2.45) is 0 Å². The van der Waals surface area contributed by atoms with E-state index in [2.05, 4.69) is 26.7 Å². The Labute approximate surface area is 126 Å². The lowest BCUT2D eigenvalue weighted by atomic mass is 10.2. The number of urea groups is 1. The van der Waals surface area contributed by atoms with Crippen LogP contribution in [-0.4, -0.2) is 12.6 Å². The maximum absolute atomic E-state index is 11.6. The first-order chi connectivity index (χ1) is 9.75. The summed E-state index contributed by atoms with van der Waals surface area (Å²) in [4.78, 5) is 16.7. The zero-order valence-electron chi connectivity index (χ0n) is 10.8. The molecule has 2 aromatic carbocycles. The molecule has 0 unspecified atom stereocenters. The molecule has 0 saturated heterocycles. The van der Waals surface area contributed by atoms with E-state index < -0.39 is 6.03 Å². The zero-order valence-corrected chi connectivity index (χ0v) is 12.4. The van der Waals surface area contributed by atoms with Gasteiger partial charge in [0.2, 0.25) is 0 Å². The normalized spacial score (nSPS) is 10.1. The van der Waals surface area contributed by atoms with E-state index in [1.54, 1.807) is 6.07 Å². The molecule has 2 rings (SSSR count). The lowest BCUT2D eigenvalue weighted by Crippen LogP contribution is -2.29. The van der Waals surface area contributed by atoms with Crippen molar-refractivity contribution in [1.29, 1.82) is 0 Å². The smallest absolute Gasteiger partial charge is 0.305 e. The molecule has 104 valence electrons. The molecule has 2 amide bonds. The molecule has 0 saturated carbocycles. The number of carbonyl (C=O) groups excluding carboxylic acids is 1. The molecular formula is C15H15BrN2O2. The van der Waals surface area contributed by atoms with Crippen molar-refractivity contribution < 1.29 is 9.63 Å². The van der Waals surface area contributed by atoms with Gasteiger partial charge >= 0.3 is 6.03 Å². The van der Waals surface area contributed by atoms with Crippen LogP contribution in [-0.2, 0) is 11.3 Å². The Bertz CT molecular complexity index is 561. The molecular weight excluding hydrogens is 320 g/mol. The predicted octanol–water partition coefficient (Wildman–Crippen LogP) is 3.74. The summed E-state index contributed by atoms with van der Waals surface area (Å²) in [7, 11) is 0. The molecule has 0 aliphatic carbocycles. The molecule has 0 spiro atoms. The summed E-state index contributed by atoms with van der Waals surface area (Å²) in [6.45, 7) is 0.424. The van der Waals surface area contributed by atoms with E-state index in [9.17, 15) is 4.79 Å². The predicted molar refractivity (Wildman–Crippen MR) is 82.4 cm³/mol. The van der Waals surface area contributed by atoms with Gasteiger partial charge in [0.1, 0.15) is 0 Å². The number of carbonyl (C=O) groups is 1. The molecule has 0 bridgehead atoms. The Hall–Kier alpha value is -1.85. The molecule has 4 nitrogen and oxygen atoms in total. The Morgan fingerprint density at radius 3 is 2.50 bits per heavy atom. The Kier molecular flexibility index (Phi) is 5.58. The fraction of sp³-hybridized carbons (Fsp3) is 0.133. The van der Waals surface area contributed by atoms with E-state index in [4.69, 9.17) is 4.84 Å². The highest BCUT2D eigenvalue weighted by atomic mass is 79.9. The molecule has 20 heavy (non-hydrogen) atoms. The minimum absolute atomic E-state index is 0.398. The summed E-state index contributed by atoms with van der Waals surface area (Å²) in [5.41, 5.74) is 4.22. The lowest BCUT2D eigenvalue weighted by Gasteiger charge is -2.09. The maximum atomic E-state index is 11.6. The number of rotatable bonds is 5. The molecule has 0 aliphatic rings. The molecule has 2 N–H and O–H groups in total. The van der Waals surface area contributed by atoms with Crippen molar-refractivity contribution in [2.75, 3.05) is 11.9 Å². The lowest BCUT2D eigenvalue weighted by molar-refractivity contribution is 0.0681. The minimum Gasteiger partial charge on any atom is -0.305 e. The molecule has 0 heterocycles. The number of hydrogen-bond acceptors (Lipinski definition) is 2. The van der Waals surface area contributed by atoms with Gasteiger partial charge in [-0.05, 0) is 40.0 Å². The number of halogens is 1. The van der Waals surface area contributed by atoms with Gasteiger partial charge in [-0.1, -0.05) is 42.5 Å². The highest BCUT2D eigenvalue weighted by Crippen LogP contribution is 2.20. The van der Waals surface area contributed by atoms with Crippen molar-refractivity contribution in [3.63, 3.8) is 0 Å². The average Bonchev–Trinajstić information content (AvgIpc) is 2.47. The fourth-order valence-electron chi connectivity index (χ4n) is 1.64. The van der Waals surface area contributed by atoms with Crippen molar-refractivity contribution in [3.8, 4) is 0 Å². The van der Waals surface area contributed by atoms with Gasteiger partial charge in [0.05, 0.1) is 12.3 Å². The van der Waals surface area contributed by atoms with Crippen LogP contribution in [0.5, 0.6) is 0 Å². The summed E-state index contributed by atoms with van der Waals surface area (Å²) in [5.74, 6) is 0. The first-order valence-electron chi connectivity index (χ1n) is 6.23. The summed E-state index contributed by atoms with van der Waals surface area (Å²) in [6.07, 6.45) is 0.746. The van der Waals surface area contributed by atoms with Crippen LogP contribution in [0.1, 0.15) is 5.56 Å². The van der Waals surface area contributed by atoms with Crippen molar-refractivity contribution >= 4 is 27.6 Å². The number of anilines is 1. The molecule has 0 radical (unpaired) electrons. The van der Waals surface area contributed by atoms with E-state index in [0.29, 0.717) is 12.3 Å². The third-order valence-corrected chi connectivity index (χ3v) is 3.31. The van der Waals surface area contributed by atoms with Crippen LogP contribution >= 0.6 is 15.9 Å². The van der Waals surface area contributed by atoms with Gasteiger partial charge in [-0.25, -0.2) is 10.3 Å². The Balaban J connectivity index is 1.69. The van der Waals surface area contributed by atoms with E-state index in [1.165, 1.54) is 5.56 Å². The first kappa shape index (κ1) is 14.6. The van der Waals surface area contributed by atoms with Gasteiger partial charge < -0.3 is 5.32 Å². The van der Waals surface area contributed by atoms with Crippen molar-refractivity contribution in [2.45, 2.75) is 6.42 Å². The summed E-state index contributed by atoms with van der Waals surface area (Å²) in [6, 6.07) is 16.9. The monoisotopic (exact) mass is 334 g/mol. The van der Waals surface area contributed by atoms with Crippen molar-refractivity contribution in [1.82, 2.24) is 5.48 Å². The van der Waals surface area contributed by atoms with Gasteiger partial charge in [0, 0.05) is 4.47 Å². The van der Waals surface area contributed by atoms with E-state index >= 15 is 0 Å². The minimum atomic E-state index is -0.398. The topological polar surface area (TPSA) is 50.4 Å². The van der Waals surface area contributed by atoms with E-state index in [0.717, 1.165) is 10.9 Å². The van der Waals surface area contributed by atoms with Gasteiger partial charge in [-0.15, -0.1) is 0 Å². The van der Waals surface area contributed by atoms with E-state index in [1.807, 2.05) is 48.5 Å². The van der Waals surface area contributed by atoms with Crippen LogP contribution < -0.4 is 10.8 Å². The number of nitrogens with one attached hydrogen (secondary N) is 2. The highest BCUT2D eigenvalue weighted by molar-refractivity contribution is 9.10. The van der Waals surface area contributed by atoms with Gasteiger partial charge in [0.15, 0.2) is 0 Å². The Morgan fingerprint density at radius 2 is 1.75 bits per heavy atom. The van der Waals surface area contributed by atoms with Crippen molar-refractivity contribution in [3.05, 3.63) is 64.6 Å². The number of amides is 2. The summed E-state index contributed by atoms with van der Waals surface area (Å²) in [5, 5.41) is 2.69. The number of para-hydroxylation sites is 1. The highest BCUT2D eigenvalue weighted by Gasteiger charge is 2.04. The number of hydrogen-bond donors (Lipinski definition) is 2. The van der Waals surface area contributed by atoms with Crippen LogP contribution in [0, 0.1) is 0 Å². The number of benzene rings is 2. The quantitative estimate of drug-likeness (QED) is 0.646. The summed E-state index contributed by atoms with van der Waals surface area (Å²) >= 11 is 3.35. The van der Waals surface area contributed by atoms with Gasteiger partial charge in [-0.2, -0.15) is 0 Å². The standard InChI is InChI=1S/C15H15BrN2O2/c16-13-8-4-5-9-14(13)17-15(19)18-20-11-10-12-6-2-1-3-7-12/h1-9H,10-11H2,(H2,17,18,19). The second kappa shape index (κ2) is 7.67. The second-order valence-electron chi connectivity index (χ2n) is 4.12. The van der Waals surface area contributed by atoms with Crippen LogP contribution in [0.25, 0.3) is 0 Å². The molecule has 0 fully saturated rings. The average molecular weight is 335 g/mol. The van der Waals surface area contributed by atoms with Crippen LogP contribution in [0.3, 0.4) is 0 Å². The molecule has 0 atom stereocenters. The van der Waals surface area contributed by atoms with Gasteiger partial charge in [0.25, 0.3) is 0 Å². The third kappa shape index (κ3) is 4.68. The maximum Gasteiger partial charge on any atom is 0.343 e. The third-order valence-electron chi connectivity index (χ3n) is 2.62. The largest absolute Gasteiger partial charge is 0.343 e. The second-order valence-corrected chi connectivity index (χ2v) is 4.97. The van der Waals surface area contributed by atoms with Crippen LogP contribution in [0.4, 0.5) is 10.5 Å². The molecule has 2 aromatic rings. The zero-order chi connectivity index (χ0) is 14.2. The fourth-order valence-corrected chi connectivity index (χ4v) is 2.02. The van der Waals surface area contributed by atoms with E-state index in [-0.39, 0.29) is 0 Å². The SMILES string of the molecule is O=C(NOCCc1ccccc1)Nc1ccccc1Br. The summed E-state index contributed by atoms with van der Waals surface area (Å²) < 4.78 is 0.819. The van der Waals surface area contributed by atoms with Gasteiger partial charge in [-0.3, -0.25) is 4.84 Å². The first-order valence-corrected chi connectivity index (χ1v) is 7.02. The Morgan fingerprint density at radius 1 is 1.05 bits per heavy atom. The molecule has 0 aliphatic heterocycles.